The molecule has 2 rings (SSSR count). The first-order valence-corrected chi connectivity index (χ1v) is 8.21. The standard InChI is InChI=1S/C16H23NO2S/c1-3-19-16(18)14-10-13(7-8-15(14)17)20-12-6-4-5-11(2)9-12/h7-8,10-12H,3-6,9,17H2,1-2H3. The number of hydrogen-bond acceptors (Lipinski definition) is 4. The predicted molar refractivity (Wildman–Crippen MR) is 84.1 cm³/mol. The number of nitrogens with two attached hydrogens (primary N) is 1. The molecule has 1 aromatic rings. The minimum atomic E-state index is -0.329. The molecule has 0 heterocycles. The SMILES string of the molecule is CCOC(=O)c1cc(SC2CCCC(C)C2)ccc1N. The molecule has 0 spiro atoms. The summed E-state index contributed by atoms with van der Waals surface area (Å²) in [5, 5.41) is 0.650. The van der Waals surface area contributed by atoms with Crippen molar-refractivity contribution >= 4 is 23.4 Å². The number of hydrogen-bond donors (Lipinski definition) is 1. The maximum absolute atomic E-state index is 11.9. The van der Waals surface area contributed by atoms with Gasteiger partial charge in [0.05, 0.1) is 12.2 Å². The van der Waals surface area contributed by atoms with E-state index in [1.807, 2.05) is 23.9 Å². The normalized spacial score (nSPS) is 22.5. The van der Waals surface area contributed by atoms with Crippen LogP contribution in [-0.2, 0) is 4.74 Å². The van der Waals surface area contributed by atoms with Gasteiger partial charge in [-0.15, -0.1) is 11.8 Å². The topological polar surface area (TPSA) is 52.3 Å². The van der Waals surface area contributed by atoms with Gasteiger partial charge >= 0.3 is 5.97 Å². The Hall–Kier alpha value is -1.16. The minimum Gasteiger partial charge on any atom is -0.462 e. The number of nitrogen functional groups attached to an aromatic ring is 1. The summed E-state index contributed by atoms with van der Waals surface area (Å²) in [5.74, 6) is 0.476. The number of rotatable bonds is 4. The molecule has 0 bridgehead atoms. The summed E-state index contributed by atoms with van der Waals surface area (Å²) in [6, 6.07) is 5.68. The Morgan fingerprint density at radius 2 is 2.25 bits per heavy atom. The Kier molecular flexibility index (Phi) is 5.35. The first-order valence-electron chi connectivity index (χ1n) is 7.33. The summed E-state index contributed by atoms with van der Waals surface area (Å²) in [6.45, 7) is 4.49. The molecule has 1 aliphatic carbocycles. The van der Waals surface area contributed by atoms with E-state index in [0.717, 1.165) is 10.8 Å². The third kappa shape index (κ3) is 3.92. The van der Waals surface area contributed by atoms with E-state index in [-0.39, 0.29) is 5.97 Å². The molecule has 4 heteroatoms. The molecule has 0 saturated heterocycles. The molecule has 1 fully saturated rings. The van der Waals surface area contributed by atoms with Crippen LogP contribution in [0.5, 0.6) is 0 Å². The summed E-state index contributed by atoms with van der Waals surface area (Å²) in [5.41, 5.74) is 6.84. The van der Waals surface area contributed by atoms with E-state index in [4.69, 9.17) is 10.5 Å². The van der Waals surface area contributed by atoms with Crippen LogP contribution >= 0.6 is 11.8 Å². The summed E-state index contributed by atoms with van der Waals surface area (Å²) < 4.78 is 5.04. The molecular weight excluding hydrogens is 270 g/mol. The number of carbonyl (C=O) groups is 1. The molecule has 2 atom stereocenters. The molecule has 1 aliphatic rings. The number of ether oxygens (including phenoxy) is 1. The van der Waals surface area contributed by atoms with Crippen molar-refractivity contribution in [1.29, 1.82) is 0 Å². The summed E-state index contributed by atoms with van der Waals surface area (Å²) >= 11 is 1.86. The number of thioether (sulfide) groups is 1. The molecule has 0 amide bonds. The number of anilines is 1. The zero-order valence-electron chi connectivity index (χ0n) is 12.2. The van der Waals surface area contributed by atoms with Crippen LogP contribution in [-0.4, -0.2) is 17.8 Å². The van der Waals surface area contributed by atoms with Gasteiger partial charge < -0.3 is 10.5 Å². The lowest BCUT2D eigenvalue weighted by atomic mass is 9.91. The lowest BCUT2D eigenvalue weighted by molar-refractivity contribution is 0.0527. The Bertz CT molecular complexity index is 476. The molecule has 2 N–H and O–H groups in total. The smallest absolute Gasteiger partial charge is 0.340 e. The Labute approximate surface area is 125 Å². The molecule has 1 aromatic carbocycles. The first-order chi connectivity index (χ1) is 9.60. The first kappa shape index (κ1) is 15.2. The van der Waals surface area contributed by atoms with Gasteiger partial charge in [0.2, 0.25) is 0 Å². The van der Waals surface area contributed by atoms with Gasteiger partial charge in [0, 0.05) is 15.8 Å². The number of esters is 1. The number of carbonyl (C=O) groups excluding carboxylic acids is 1. The van der Waals surface area contributed by atoms with Crippen LogP contribution in [0.1, 0.15) is 49.9 Å². The molecule has 1 saturated carbocycles. The van der Waals surface area contributed by atoms with Crippen LogP contribution in [0.3, 0.4) is 0 Å². The van der Waals surface area contributed by atoms with Gasteiger partial charge in [0.1, 0.15) is 0 Å². The van der Waals surface area contributed by atoms with E-state index in [0.29, 0.717) is 23.1 Å². The van der Waals surface area contributed by atoms with Crippen molar-refractivity contribution in [2.45, 2.75) is 49.7 Å². The lowest BCUT2D eigenvalue weighted by Gasteiger charge is -2.26. The molecular formula is C16H23NO2S. The Morgan fingerprint density at radius 3 is 2.95 bits per heavy atom. The van der Waals surface area contributed by atoms with Gasteiger partial charge in [-0.25, -0.2) is 4.79 Å². The predicted octanol–water partition coefficient (Wildman–Crippen LogP) is 4.12. The maximum atomic E-state index is 11.9. The van der Waals surface area contributed by atoms with E-state index < -0.39 is 0 Å². The van der Waals surface area contributed by atoms with Crippen molar-refractivity contribution in [3.63, 3.8) is 0 Å². The number of benzene rings is 1. The van der Waals surface area contributed by atoms with Crippen molar-refractivity contribution in [3.8, 4) is 0 Å². The zero-order chi connectivity index (χ0) is 14.5. The van der Waals surface area contributed by atoms with Crippen LogP contribution in [0, 0.1) is 5.92 Å². The molecule has 3 nitrogen and oxygen atoms in total. The molecule has 2 unspecified atom stereocenters. The second-order valence-corrected chi connectivity index (χ2v) is 6.85. The fourth-order valence-electron chi connectivity index (χ4n) is 2.67. The third-order valence-electron chi connectivity index (χ3n) is 3.71. The molecule has 110 valence electrons. The highest BCUT2D eigenvalue weighted by Crippen LogP contribution is 2.36. The second kappa shape index (κ2) is 7.02. The van der Waals surface area contributed by atoms with Gasteiger partial charge in [0.15, 0.2) is 0 Å². The Morgan fingerprint density at radius 1 is 1.45 bits per heavy atom. The fourth-order valence-corrected chi connectivity index (χ4v) is 4.10. The highest BCUT2D eigenvalue weighted by atomic mass is 32.2. The van der Waals surface area contributed by atoms with Gasteiger partial charge in [-0.3, -0.25) is 0 Å². The van der Waals surface area contributed by atoms with Gasteiger partial charge in [0.25, 0.3) is 0 Å². The fraction of sp³-hybridized carbons (Fsp3) is 0.562. The van der Waals surface area contributed by atoms with Crippen LogP contribution in [0.25, 0.3) is 0 Å². The monoisotopic (exact) mass is 293 g/mol. The molecule has 0 aliphatic heterocycles. The Balaban J connectivity index is 2.08. The third-order valence-corrected chi connectivity index (χ3v) is 5.00. The summed E-state index contributed by atoms with van der Waals surface area (Å²) in [4.78, 5) is 13.0. The summed E-state index contributed by atoms with van der Waals surface area (Å²) in [7, 11) is 0. The van der Waals surface area contributed by atoms with Gasteiger partial charge in [-0.2, -0.15) is 0 Å². The quantitative estimate of drug-likeness (QED) is 0.670. The highest BCUT2D eigenvalue weighted by Gasteiger charge is 2.20. The van der Waals surface area contributed by atoms with Crippen molar-refractivity contribution in [2.75, 3.05) is 12.3 Å². The van der Waals surface area contributed by atoms with Crippen molar-refractivity contribution < 1.29 is 9.53 Å². The minimum absolute atomic E-state index is 0.329. The van der Waals surface area contributed by atoms with E-state index in [1.54, 1.807) is 13.0 Å². The van der Waals surface area contributed by atoms with Crippen molar-refractivity contribution in [3.05, 3.63) is 23.8 Å². The second-order valence-electron chi connectivity index (χ2n) is 5.48. The van der Waals surface area contributed by atoms with Gasteiger partial charge in [-0.1, -0.05) is 19.8 Å². The molecule has 0 aromatic heterocycles. The largest absolute Gasteiger partial charge is 0.462 e. The highest BCUT2D eigenvalue weighted by molar-refractivity contribution is 8.00. The van der Waals surface area contributed by atoms with Crippen LogP contribution in [0.15, 0.2) is 23.1 Å². The lowest BCUT2D eigenvalue weighted by Crippen LogP contribution is -2.15. The van der Waals surface area contributed by atoms with Crippen molar-refractivity contribution in [2.24, 2.45) is 5.92 Å². The average Bonchev–Trinajstić information content (AvgIpc) is 2.41. The zero-order valence-corrected chi connectivity index (χ0v) is 13.0. The summed E-state index contributed by atoms with van der Waals surface area (Å²) in [6.07, 6.45) is 5.16. The van der Waals surface area contributed by atoms with Gasteiger partial charge in [-0.05, 0) is 43.9 Å². The van der Waals surface area contributed by atoms with E-state index in [2.05, 4.69) is 6.92 Å². The molecule has 20 heavy (non-hydrogen) atoms. The maximum Gasteiger partial charge on any atom is 0.340 e. The van der Waals surface area contributed by atoms with E-state index in [1.165, 1.54) is 25.7 Å². The van der Waals surface area contributed by atoms with Crippen LogP contribution < -0.4 is 5.73 Å². The van der Waals surface area contributed by atoms with E-state index in [9.17, 15) is 4.79 Å². The van der Waals surface area contributed by atoms with Crippen LogP contribution in [0.2, 0.25) is 0 Å². The average molecular weight is 293 g/mol. The van der Waals surface area contributed by atoms with Crippen LogP contribution in [0.4, 0.5) is 5.69 Å². The van der Waals surface area contributed by atoms with E-state index >= 15 is 0 Å². The molecule has 0 radical (unpaired) electrons. The van der Waals surface area contributed by atoms with Crippen molar-refractivity contribution in [1.82, 2.24) is 0 Å².